The molecule has 0 bridgehead atoms. The zero-order chi connectivity index (χ0) is 20.5. The average Bonchev–Trinajstić information content (AvgIpc) is 2.71. The van der Waals surface area contributed by atoms with E-state index in [-0.39, 0.29) is 22.4 Å². The van der Waals surface area contributed by atoms with Crippen molar-refractivity contribution in [2.24, 2.45) is 0 Å². The van der Waals surface area contributed by atoms with E-state index in [1.54, 1.807) is 18.2 Å². The lowest BCUT2D eigenvalue weighted by molar-refractivity contribution is -0.687. The van der Waals surface area contributed by atoms with Crippen molar-refractivity contribution in [1.82, 2.24) is 0 Å². The number of aliphatic carboxylic acids is 1. The summed E-state index contributed by atoms with van der Waals surface area (Å²) in [7, 11) is -2.27. The number of carboxylic acid groups (broad SMARTS) is 1. The fourth-order valence-corrected chi connectivity index (χ4v) is 5.32. The summed E-state index contributed by atoms with van der Waals surface area (Å²) in [6.45, 7) is 0.649. The van der Waals surface area contributed by atoms with Gasteiger partial charge in [0.1, 0.15) is 6.04 Å². The maximum absolute atomic E-state index is 13.2. The average molecular weight is 444 g/mol. The van der Waals surface area contributed by atoms with E-state index in [0.29, 0.717) is 35.7 Å². The van der Waals surface area contributed by atoms with Gasteiger partial charge in [0.05, 0.1) is 27.2 Å². The molecule has 0 spiro atoms. The van der Waals surface area contributed by atoms with E-state index in [1.807, 2.05) is 17.4 Å². The number of hydrogen-bond acceptors (Lipinski definition) is 3. The summed E-state index contributed by atoms with van der Waals surface area (Å²) in [5.74, 6) is -0.820. The van der Waals surface area contributed by atoms with Crippen molar-refractivity contribution in [3.63, 3.8) is 0 Å². The van der Waals surface area contributed by atoms with E-state index in [2.05, 4.69) is 0 Å². The molecule has 1 atom stereocenters. The zero-order valence-electron chi connectivity index (χ0n) is 15.2. The van der Waals surface area contributed by atoms with Crippen molar-refractivity contribution in [3.8, 4) is 0 Å². The summed E-state index contributed by atoms with van der Waals surface area (Å²) in [5.41, 5.74) is 2.02. The normalized spacial score (nSPS) is 17.5. The lowest BCUT2D eigenvalue weighted by Crippen LogP contribution is -2.85. The van der Waals surface area contributed by atoms with Crippen LogP contribution in [0.5, 0.6) is 0 Å². The predicted octanol–water partition coefficient (Wildman–Crippen LogP) is 3.04. The van der Waals surface area contributed by atoms with Crippen molar-refractivity contribution in [3.05, 3.63) is 57.6 Å². The van der Waals surface area contributed by atoms with Gasteiger partial charge in [-0.15, -0.1) is 0 Å². The van der Waals surface area contributed by atoms with Gasteiger partial charge in [0.2, 0.25) is 0 Å². The predicted molar refractivity (Wildman–Crippen MR) is 109 cm³/mol. The van der Waals surface area contributed by atoms with Gasteiger partial charge in [-0.05, 0) is 31.0 Å². The Morgan fingerprint density at radius 1 is 1.14 bits per heavy atom. The molecule has 6 nitrogen and oxygen atoms in total. The van der Waals surface area contributed by atoms with Crippen LogP contribution in [0.3, 0.4) is 0 Å². The molecule has 9 heteroatoms. The lowest BCUT2D eigenvalue weighted by atomic mass is 9.96. The van der Waals surface area contributed by atoms with E-state index in [9.17, 15) is 13.2 Å². The van der Waals surface area contributed by atoms with Crippen molar-refractivity contribution in [2.45, 2.75) is 30.2 Å². The minimum absolute atomic E-state index is 0.115. The van der Waals surface area contributed by atoms with E-state index in [0.717, 1.165) is 5.56 Å². The number of sulfonamides is 1. The van der Waals surface area contributed by atoms with Gasteiger partial charge in [0.25, 0.3) is 10.0 Å². The first kappa shape index (κ1) is 20.9. The number of benzene rings is 2. The minimum atomic E-state index is -3.80. The highest BCUT2D eigenvalue weighted by molar-refractivity contribution is 7.92. The summed E-state index contributed by atoms with van der Waals surface area (Å²) < 4.78 is 27.7. The Kier molecular flexibility index (Phi) is 6.19. The fourth-order valence-electron chi connectivity index (χ4n) is 3.45. The third-order valence-electron chi connectivity index (χ3n) is 4.88. The Labute approximate surface area is 174 Å². The Morgan fingerprint density at radius 3 is 2.54 bits per heavy atom. The van der Waals surface area contributed by atoms with Crippen molar-refractivity contribution < 1.29 is 23.6 Å². The first-order valence-corrected chi connectivity index (χ1v) is 11.0. The SMILES string of the molecule is CN1c2ccccc2C([NH2+]CCCCC(=O)O)c2cc(Cl)c(Cl)cc2S1(=O)=O. The van der Waals surface area contributed by atoms with Crippen LogP contribution in [-0.4, -0.2) is 33.1 Å². The van der Waals surface area contributed by atoms with Gasteiger partial charge in [-0.3, -0.25) is 9.10 Å². The summed E-state index contributed by atoms with van der Waals surface area (Å²) in [6, 6.07) is 10.1. The molecule has 0 fully saturated rings. The Hall–Kier alpha value is -1.80. The molecular weight excluding hydrogens is 423 g/mol. The van der Waals surface area contributed by atoms with Gasteiger partial charge in [-0.25, -0.2) is 8.42 Å². The number of nitrogens with zero attached hydrogens (tertiary/aromatic N) is 1. The summed E-state index contributed by atoms with van der Waals surface area (Å²) >= 11 is 12.3. The van der Waals surface area contributed by atoms with Crippen LogP contribution in [0.2, 0.25) is 10.0 Å². The van der Waals surface area contributed by atoms with Crippen LogP contribution in [-0.2, 0) is 14.8 Å². The molecule has 28 heavy (non-hydrogen) atoms. The fraction of sp³-hybridized carbons (Fsp3) is 0.316. The van der Waals surface area contributed by atoms with Gasteiger partial charge in [-0.1, -0.05) is 41.4 Å². The largest absolute Gasteiger partial charge is 0.481 e. The minimum Gasteiger partial charge on any atom is -0.481 e. The van der Waals surface area contributed by atoms with E-state index in [4.69, 9.17) is 28.3 Å². The van der Waals surface area contributed by atoms with E-state index >= 15 is 0 Å². The van der Waals surface area contributed by atoms with Gasteiger partial charge < -0.3 is 10.4 Å². The first-order chi connectivity index (χ1) is 13.2. The Bertz CT molecular complexity index is 1010. The molecule has 0 saturated carbocycles. The highest BCUT2D eigenvalue weighted by Crippen LogP contribution is 2.41. The van der Waals surface area contributed by atoms with Crippen molar-refractivity contribution >= 4 is 44.9 Å². The van der Waals surface area contributed by atoms with Crippen LogP contribution in [0.15, 0.2) is 41.3 Å². The van der Waals surface area contributed by atoms with Crippen molar-refractivity contribution in [2.75, 3.05) is 17.9 Å². The second-order valence-electron chi connectivity index (χ2n) is 6.69. The monoisotopic (exact) mass is 443 g/mol. The number of hydrogen-bond donors (Lipinski definition) is 2. The summed E-state index contributed by atoms with van der Waals surface area (Å²) in [6.07, 6.45) is 1.38. The van der Waals surface area contributed by atoms with Gasteiger partial charge in [0.15, 0.2) is 0 Å². The third-order valence-corrected chi connectivity index (χ3v) is 7.43. The van der Waals surface area contributed by atoms with Crippen molar-refractivity contribution in [1.29, 1.82) is 0 Å². The van der Waals surface area contributed by atoms with E-state index in [1.165, 1.54) is 17.4 Å². The first-order valence-electron chi connectivity index (χ1n) is 8.85. The number of fused-ring (bicyclic) bond motifs is 2. The number of nitrogens with two attached hydrogens (primary N) is 1. The summed E-state index contributed by atoms with van der Waals surface area (Å²) in [5, 5.41) is 11.3. The molecule has 2 aromatic rings. The number of quaternary nitrogens is 1. The second kappa shape index (κ2) is 8.29. The van der Waals surface area contributed by atoms with Crippen LogP contribution < -0.4 is 9.62 Å². The molecule has 0 aliphatic carbocycles. The van der Waals surface area contributed by atoms with Gasteiger partial charge >= 0.3 is 5.97 Å². The highest BCUT2D eigenvalue weighted by Gasteiger charge is 2.37. The number of unbranched alkanes of at least 4 members (excludes halogenated alkanes) is 1. The standard InChI is InChI=1S/C19H20Cl2N2O4S/c1-23-16-7-3-2-6-12(16)19(22-9-5-4-8-18(24)25)13-10-14(20)15(21)11-17(13)28(23,26)27/h2-3,6-7,10-11,19,22H,4-5,8-9H2,1H3,(H,24,25)/p+1. The number of para-hydroxylation sites is 1. The maximum atomic E-state index is 13.2. The zero-order valence-corrected chi connectivity index (χ0v) is 17.6. The molecule has 2 aromatic carbocycles. The molecule has 3 rings (SSSR count). The van der Waals surface area contributed by atoms with Gasteiger partial charge in [0, 0.05) is 24.6 Å². The Morgan fingerprint density at radius 2 is 1.82 bits per heavy atom. The smallest absolute Gasteiger partial charge is 0.303 e. The van der Waals surface area contributed by atoms with Crippen LogP contribution in [0.25, 0.3) is 0 Å². The molecule has 3 N–H and O–H groups in total. The molecule has 0 aromatic heterocycles. The Balaban J connectivity index is 2.06. The third kappa shape index (κ3) is 3.98. The maximum Gasteiger partial charge on any atom is 0.303 e. The van der Waals surface area contributed by atoms with Crippen LogP contribution in [0, 0.1) is 0 Å². The molecule has 0 amide bonds. The number of halogens is 2. The highest BCUT2D eigenvalue weighted by atomic mass is 35.5. The molecule has 1 aliphatic rings. The van der Waals surface area contributed by atoms with Crippen LogP contribution in [0.1, 0.15) is 36.4 Å². The molecule has 1 heterocycles. The quantitative estimate of drug-likeness (QED) is 0.671. The number of rotatable bonds is 6. The topological polar surface area (TPSA) is 91.3 Å². The van der Waals surface area contributed by atoms with Gasteiger partial charge in [-0.2, -0.15) is 0 Å². The number of carbonyl (C=O) groups is 1. The van der Waals surface area contributed by atoms with Crippen LogP contribution >= 0.6 is 23.2 Å². The molecule has 1 unspecified atom stereocenters. The second-order valence-corrected chi connectivity index (χ2v) is 9.44. The number of carboxylic acids is 1. The molecular formula is C19H21Cl2N2O4S+. The number of anilines is 1. The van der Waals surface area contributed by atoms with E-state index < -0.39 is 16.0 Å². The summed E-state index contributed by atoms with van der Waals surface area (Å²) in [4.78, 5) is 10.8. The molecule has 1 aliphatic heterocycles. The molecule has 0 saturated heterocycles. The van der Waals surface area contributed by atoms with Crippen LogP contribution in [0.4, 0.5) is 5.69 Å². The molecule has 0 radical (unpaired) electrons. The lowest BCUT2D eigenvalue weighted by Gasteiger charge is -2.20. The molecule has 150 valence electrons.